The molecule has 1 saturated heterocycles. The number of piperazine rings is 1. The zero-order chi connectivity index (χ0) is 21.6. The van der Waals surface area contributed by atoms with Crippen LogP contribution in [-0.4, -0.2) is 48.4 Å². The topological polar surface area (TPSA) is 59.4 Å². The summed E-state index contributed by atoms with van der Waals surface area (Å²) in [6, 6.07) is 14.1. The first-order valence-corrected chi connectivity index (χ1v) is 9.74. The fourth-order valence-electron chi connectivity index (χ4n) is 3.34. The van der Waals surface area contributed by atoms with E-state index in [4.69, 9.17) is 5.26 Å². The van der Waals surface area contributed by atoms with Crippen LogP contribution in [0, 0.1) is 11.3 Å². The number of nitriles is 1. The van der Waals surface area contributed by atoms with Gasteiger partial charge in [-0.2, -0.15) is 18.4 Å². The minimum absolute atomic E-state index is 0.0770. The van der Waals surface area contributed by atoms with E-state index in [0.717, 1.165) is 43.9 Å². The molecule has 1 N–H and O–H groups in total. The van der Waals surface area contributed by atoms with Gasteiger partial charge in [0.2, 0.25) is 5.91 Å². The minimum atomic E-state index is -4.31. The number of halogens is 3. The molecule has 0 aromatic heterocycles. The highest BCUT2D eigenvalue weighted by molar-refractivity contribution is 5.90. The highest BCUT2D eigenvalue weighted by Crippen LogP contribution is 2.29. The zero-order valence-corrected chi connectivity index (χ0v) is 16.5. The lowest BCUT2D eigenvalue weighted by molar-refractivity contribution is -0.137. The number of nitrogens with one attached hydrogen (secondary N) is 1. The number of hydrogen-bond donors (Lipinski definition) is 1. The first-order valence-electron chi connectivity index (χ1n) is 9.74. The van der Waals surface area contributed by atoms with Gasteiger partial charge in [-0.15, -0.1) is 0 Å². The molecule has 8 heteroatoms. The predicted molar refractivity (Wildman–Crippen MR) is 108 cm³/mol. The van der Waals surface area contributed by atoms with Crippen molar-refractivity contribution in [2.75, 3.05) is 38.0 Å². The molecule has 1 heterocycles. The summed E-state index contributed by atoms with van der Waals surface area (Å²) in [6.45, 7) is 4.49. The van der Waals surface area contributed by atoms with Gasteiger partial charge in [0, 0.05) is 51.4 Å². The Balaban J connectivity index is 1.38. The van der Waals surface area contributed by atoms with E-state index in [9.17, 15) is 18.0 Å². The van der Waals surface area contributed by atoms with Gasteiger partial charge in [-0.1, -0.05) is 12.1 Å². The summed E-state index contributed by atoms with van der Waals surface area (Å²) < 4.78 is 37.9. The maximum Gasteiger partial charge on any atom is 0.416 e. The number of carbonyl (C=O) groups is 1. The Hall–Kier alpha value is -2.89. The van der Waals surface area contributed by atoms with Crippen molar-refractivity contribution in [1.29, 1.82) is 5.26 Å². The summed E-state index contributed by atoms with van der Waals surface area (Å²) in [4.78, 5) is 16.5. The number of hydrogen-bond acceptors (Lipinski definition) is 4. The summed E-state index contributed by atoms with van der Waals surface area (Å²) in [5, 5.41) is 11.6. The Bertz CT molecular complexity index is 881. The molecule has 0 spiro atoms. The predicted octanol–water partition coefficient (Wildman–Crippen LogP) is 3.72. The van der Waals surface area contributed by atoms with Crippen molar-refractivity contribution in [3.63, 3.8) is 0 Å². The SMILES string of the molecule is N#Cc1ccc(NC(=O)CCN2CCN(Cc3ccc(C(F)(F)F)cc3)CC2)cc1. The Morgan fingerprint density at radius 1 is 0.967 bits per heavy atom. The van der Waals surface area contributed by atoms with Gasteiger partial charge in [-0.05, 0) is 42.0 Å². The molecule has 30 heavy (non-hydrogen) atoms. The van der Waals surface area contributed by atoms with E-state index in [-0.39, 0.29) is 5.91 Å². The number of anilines is 1. The van der Waals surface area contributed by atoms with E-state index in [0.29, 0.717) is 30.8 Å². The molecule has 5 nitrogen and oxygen atoms in total. The molecule has 0 bridgehead atoms. The Labute approximate surface area is 173 Å². The van der Waals surface area contributed by atoms with Crippen LogP contribution in [0.1, 0.15) is 23.1 Å². The Morgan fingerprint density at radius 3 is 2.13 bits per heavy atom. The maximum atomic E-state index is 12.6. The fraction of sp³-hybridized carbons (Fsp3) is 0.364. The molecule has 3 rings (SSSR count). The third kappa shape index (κ3) is 6.31. The van der Waals surface area contributed by atoms with Crippen LogP contribution in [-0.2, 0) is 17.5 Å². The standard InChI is InChI=1S/C22H23F3N4O/c23-22(24,25)19-5-1-18(2-6-19)16-29-13-11-28(12-14-29)10-9-21(30)27-20-7-3-17(15-26)4-8-20/h1-8H,9-14,16H2,(H,27,30). The maximum absolute atomic E-state index is 12.6. The molecule has 0 saturated carbocycles. The lowest BCUT2D eigenvalue weighted by Crippen LogP contribution is -2.46. The molecule has 2 aromatic carbocycles. The smallest absolute Gasteiger partial charge is 0.326 e. The van der Waals surface area contributed by atoms with Gasteiger partial charge in [0.1, 0.15) is 0 Å². The van der Waals surface area contributed by atoms with Crippen LogP contribution in [0.4, 0.5) is 18.9 Å². The van der Waals surface area contributed by atoms with Crippen LogP contribution in [0.3, 0.4) is 0 Å². The Morgan fingerprint density at radius 2 is 1.57 bits per heavy atom. The van der Waals surface area contributed by atoms with Crippen molar-refractivity contribution in [1.82, 2.24) is 9.80 Å². The van der Waals surface area contributed by atoms with Crippen LogP contribution in [0.25, 0.3) is 0 Å². The van der Waals surface area contributed by atoms with E-state index >= 15 is 0 Å². The van der Waals surface area contributed by atoms with Gasteiger partial charge in [0.15, 0.2) is 0 Å². The Kier molecular flexibility index (Phi) is 7.08. The molecule has 1 aliphatic rings. The monoisotopic (exact) mass is 416 g/mol. The second-order valence-corrected chi connectivity index (χ2v) is 7.30. The molecule has 0 atom stereocenters. The molecule has 158 valence electrons. The van der Waals surface area contributed by atoms with Gasteiger partial charge >= 0.3 is 6.18 Å². The van der Waals surface area contributed by atoms with Crippen LogP contribution in [0.5, 0.6) is 0 Å². The average Bonchev–Trinajstić information content (AvgIpc) is 2.73. The quantitative estimate of drug-likeness (QED) is 0.780. The van der Waals surface area contributed by atoms with Crippen molar-refractivity contribution < 1.29 is 18.0 Å². The van der Waals surface area contributed by atoms with Gasteiger partial charge < -0.3 is 10.2 Å². The summed E-state index contributed by atoms with van der Waals surface area (Å²) in [6.07, 6.45) is -3.94. The number of rotatable bonds is 6. The summed E-state index contributed by atoms with van der Waals surface area (Å²) in [5.74, 6) is -0.0770. The molecule has 0 unspecified atom stereocenters. The number of carbonyl (C=O) groups excluding carboxylic acids is 1. The van der Waals surface area contributed by atoms with Gasteiger partial charge in [-0.25, -0.2) is 0 Å². The summed E-state index contributed by atoms with van der Waals surface area (Å²) in [5.41, 5.74) is 1.44. The van der Waals surface area contributed by atoms with E-state index < -0.39 is 11.7 Å². The number of alkyl halides is 3. The summed E-state index contributed by atoms with van der Waals surface area (Å²) >= 11 is 0. The largest absolute Gasteiger partial charge is 0.416 e. The van der Waals surface area contributed by atoms with Crippen LogP contribution in [0.2, 0.25) is 0 Å². The molecule has 1 fully saturated rings. The van der Waals surface area contributed by atoms with Crippen molar-refractivity contribution >= 4 is 11.6 Å². The second kappa shape index (κ2) is 9.74. The third-order valence-corrected chi connectivity index (χ3v) is 5.11. The lowest BCUT2D eigenvalue weighted by atomic mass is 10.1. The molecule has 1 amide bonds. The second-order valence-electron chi connectivity index (χ2n) is 7.30. The first kappa shape index (κ1) is 21.8. The molecular formula is C22H23F3N4O. The first-order chi connectivity index (χ1) is 14.3. The van der Waals surface area contributed by atoms with Crippen molar-refractivity contribution in [2.24, 2.45) is 0 Å². The van der Waals surface area contributed by atoms with E-state index in [1.165, 1.54) is 12.1 Å². The molecule has 2 aromatic rings. The van der Waals surface area contributed by atoms with Crippen molar-refractivity contribution in [2.45, 2.75) is 19.1 Å². The van der Waals surface area contributed by atoms with Crippen LogP contribution < -0.4 is 5.32 Å². The zero-order valence-electron chi connectivity index (χ0n) is 16.5. The number of nitrogens with zero attached hydrogens (tertiary/aromatic N) is 3. The summed E-state index contributed by atoms with van der Waals surface area (Å²) in [7, 11) is 0. The van der Waals surface area contributed by atoms with Gasteiger partial charge in [0.25, 0.3) is 0 Å². The third-order valence-electron chi connectivity index (χ3n) is 5.11. The molecule has 0 aliphatic carbocycles. The molecule has 1 aliphatic heterocycles. The fourth-order valence-corrected chi connectivity index (χ4v) is 3.34. The normalized spacial score (nSPS) is 15.5. The van der Waals surface area contributed by atoms with Crippen molar-refractivity contribution in [3.8, 4) is 6.07 Å². The van der Waals surface area contributed by atoms with Crippen LogP contribution in [0.15, 0.2) is 48.5 Å². The van der Waals surface area contributed by atoms with Gasteiger partial charge in [-0.3, -0.25) is 9.69 Å². The number of benzene rings is 2. The average molecular weight is 416 g/mol. The molecule has 0 radical (unpaired) electrons. The van der Waals surface area contributed by atoms with E-state index in [1.54, 1.807) is 24.3 Å². The molecular weight excluding hydrogens is 393 g/mol. The van der Waals surface area contributed by atoms with Gasteiger partial charge in [0.05, 0.1) is 17.2 Å². The van der Waals surface area contributed by atoms with E-state index in [1.807, 2.05) is 6.07 Å². The highest BCUT2D eigenvalue weighted by Gasteiger charge is 2.30. The van der Waals surface area contributed by atoms with Crippen LogP contribution >= 0.6 is 0 Å². The lowest BCUT2D eigenvalue weighted by Gasteiger charge is -2.34. The minimum Gasteiger partial charge on any atom is -0.326 e. The van der Waals surface area contributed by atoms with E-state index in [2.05, 4.69) is 15.1 Å². The highest BCUT2D eigenvalue weighted by atomic mass is 19.4. The van der Waals surface area contributed by atoms with Crippen molar-refractivity contribution in [3.05, 3.63) is 65.2 Å². The number of amides is 1.